The van der Waals surface area contributed by atoms with Gasteiger partial charge in [0.15, 0.2) is 0 Å². The topological polar surface area (TPSA) is 86.7 Å². The van der Waals surface area contributed by atoms with Gasteiger partial charge in [-0.3, -0.25) is 9.59 Å². The van der Waals surface area contributed by atoms with Gasteiger partial charge in [0.1, 0.15) is 0 Å². The first-order valence-corrected chi connectivity index (χ1v) is 12.9. The molecule has 0 aromatic heterocycles. The largest absolute Gasteiger partial charge is 0.478 e. The van der Waals surface area contributed by atoms with Gasteiger partial charge in [-0.25, -0.2) is 13.6 Å². The van der Waals surface area contributed by atoms with Crippen molar-refractivity contribution in [3.63, 3.8) is 0 Å². The van der Waals surface area contributed by atoms with E-state index >= 15 is 0 Å². The molecule has 0 unspecified atom stereocenters. The van der Waals surface area contributed by atoms with Crippen molar-refractivity contribution < 1.29 is 28.3 Å². The van der Waals surface area contributed by atoms with Crippen LogP contribution in [0, 0.1) is 0 Å². The number of amides is 2. The predicted molar refractivity (Wildman–Crippen MR) is 145 cm³/mol. The number of alkyl halides is 2. The van der Waals surface area contributed by atoms with E-state index in [0.29, 0.717) is 11.8 Å². The highest BCUT2D eigenvalue weighted by molar-refractivity contribution is 6.09. The van der Waals surface area contributed by atoms with E-state index in [0.717, 1.165) is 31.2 Å². The zero-order valence-corrected chi connectivity index (χ0v) is 21.2. The first-order valence-electron chi connectivity index (χ1n) is 12.9. The van der Waals surface area contributed by atoms with Crippen molar-refractivity contribution in [3.8, 4) is 0 Å². The zero-order valence-electron chi connectivity index (χ0n) is 21.2. The number of nitrogens with zero attached hydrogens (tertiary/aromatic N) is 1. The van der Waals surface area contributed by atoms with Crippen LogP contribution < -0.4 is 10.2 Å². The number of carboxylic acids is 1. The van der Waals surface area contributed by atoms with Gasteiger partial charge in [-0.15, -0.1) is 0 Å². The fourth-order valence-electron chi connectivity index (χ4n) is 5.64. The number of anilines is 2. The number of carboxylic acid groups (broad SMARTS) is 1. The van der Waals surface area contributed by atoms with Crippen LogP contribution in [-0.2, 0) is 15.0 Å². The van der Waals surface area contributed by atoms with Crippen LogP contribution in [0.2, 0.25) is 0 Å². The third-order valence-corrected chi connectivity index (χ3v) is 7.65. The number of rotatable bonds is 5. The standard InChI is InChI=1S/C31H28F2N2O4/c32-31(33)18-19-35(26-11-5-4-10-24(26)25(31)20-27(36)37)28(38)21-12-14-23(15-13-21)34-29(39)30(16-6-7-17-30)22-8-2-1-3-9-22/h1-5,8-15,20H,6-7,16-19H2,(H,34,39)(H,36,37)/b25-20-. The molecule has 8 heteroatoms. The lowest BCUT2D eigenvalue weighted by atomic mass is 9.78. The summed E-state index contributed by atoms with van der Waals surface area (Å²) < 4.78 is 29.9. The SMILES string of the molecule is O=C(O)/C=C1/c2ccccc2N(C(=O)c2ccc(NC(=O)C3(c4ccccc4)CCCC3)cc2)CCC1(F)F. The number of halogens is 2. The molecule has 6 nitrogen and oxygen atoms in total. The van der Waals surface area contributed by atoms with Crippen molar-refractivity contribution in [2.75, 3.05) is 16.8 Å². The molecular weight excluding hydrogens is 502 g/mol. The second-order valence-electron chi connectivity index (χ2n) is 10.0. The minimum absolute atomic E-state index is 0.00223. The van der Waals surface area contributed by atoms with Crippen LogP contribution in [0.15, 0.2) is 84.9 Å². The van der Waals surface area contributed by atoms with E-state index in [2.05, 4.69) is 5.32 Å². The van der Waals surface area contributed by atoms with Crippen molar-refractivity contribution in [1.29, 1.82) is 0 Å². The number of hydrogen-bond acceptors (Lipinski definition) is 3. The van der Waals surface area contributed by atoms with Crippen LogP contribution in [0.5, 0.6) is 0 Å². The number of hydrogen-bond donors (Lipinski definition) is 2. The Morgan fingerprint density at radius 3 is 2.15 bits per heavy atom. The Bertz CT molecular complexity index is 1430. The molecular formula is C31H28F2N2O4. The van der Waals surface area contributed by atoms with E-state index in [1.807, 2.05) is 30.3 Å². The summed E-state index contributed by atoms with van der Waals surface area (Å²) in [5.74, 6) is -5.49. The lowest BCUT2D eigenvalue weighted by Crippen LogP contribution is -2.38. The summed E-state index contributed by atoms with van der Waals surface area (Å²) in [6, 6.07) is 22.2. The normalized spacial score (nSPS) is 18.7. The maximum Gasteiger partial charge on any atom is 0.328 e. The van der Waals surface area contributed by atoms with Crippen LogP contribution in [0.4, 0.5) is 20.2 Å². The molecule has 1 fully saturated rings. The van der Waals surface area contributed by atoms with Gasteiger partial charge >= 0.3 is 5.97 Å². The van der Waals surface area contributed by atoms with E-state index < -0.39 is 35.2 Å². The fraction of sp³-hybridized carbons (Fsp3) is 0.258. The first kappa shape index (κ1) is 26.3. The number of fused-ring (bicyclic) bond motifs is 1. The molecule has 1 aliphatic heterocycles. The Balaban J connectivity index is 1.39. The Kier molecular flexibility index (Phi) is 7.04. The Labute approximate surface area is 225 Å². The Morgan fingerprint density at radius 2 is 1.49 bits per heavy atom. The monoisotopic (exact) mass is 530 g/mol. The van der Waals surface area contributed by atoms with Gasteiger partial charge in [0.05, 0.1) is 11.1 Å². The molecule has 0 spiro atoms. The quantitative estimate of drug-likeness (QED) is 0.380. The van der Waals surface area contributed by atoms with Gasteiger partial charge in [0.25, 0.3) is 11.8 Å². The van der Waals surface area contributed by atoms with Gasteiger partial charge in [-0.1, -0.05) is 61.4 Å². The molecule has 0 bridgehead atoms. The second kappa shape index (κ2) is 10.4. The minimum atomic E-state index is -3.42. The summed E-state index contributed by atoms with van der Waals surface area (Å²) in [7, 11) is 0. The van der Waals surface area contributed by atoms with E-state index in [1.165, 1.54) is 23.1 Å². The first-order chi connectivity index (χ1) is 18.7. The van der Waals surface area contributed by atoms with Crippen molar-refractivity contribution in [3.05, 3.63) is 102 Å². The summed E-state index contributed by atoms with van der Waals surface area (Å²) in [5, 5.41) is 12.2. The second-order valence-corrected chi connectivity index (χ2v) is 10.0. The zero-order chi connectivity index (χ0) is 27.6. The summed E-state index contributed by atoms with van der Waals surface area (Å²) in [4.78, 5) is 39.5. The average molecular weight is 531 g/mol. The van der Waals surface area contributed by atoms with E-state index in [1.54, 1.807) is 30.3 Å². The molecule has 1 heterocycles. The Morgan fingerprint density at radius 1 is 0.846 bits per heavy atom. The van der Waals surface area contributed by atoms with Crippen LogP contribution in [0.3, 0.4) is 0 Å². The molecule has 2 amide bonds. The highest BCUT2D eigenvalue weighted by Gasteiger charge is 2.43. The number of aliphatic carboxylic acids is 1. The molecule has 200 valence electrons. The summed E-state index contributed by atoms with van der Waals surface area (Å²) >= 11 is 0. The summed E-state index contributed by atoms with van der Waals surface area (Å²) in [6.45, 7) is -0.294. The molecule has 1 aliphatic carbocycles. The molecule has 3 aromatic rings. The lowest BCUT2D eigenvalue weighted by molar-refractivity contribution is -0.131. The van der Waals surface area contributed by atoms with Crippen molar-refractivity contribution >= 4 is 34.7 Å². The van der Waals surface area contributed by atoms with Crippen LogP contribution in [0.1, 0.15) is 53.6 Å². The number of allylic oxidation sites excluding steroid dienone is 1. The smallest absolute Gasteiger partial charge is 0.328 e. The number of carbonyl (C=O) groups is 3. The molecule has 3 aromatic carbocycles. The summed E-state index contributed by atoms with van der Waals surface area (Å²) in [5.41, 5.74) is 0.775. The van der Waals surface area contributed by atoms with Gasteiger partial charge in [0, 0.05) is 41.4 Å². The van der Waals surface area contributed by atoms with Gasteiger partial charge < -0.3 is 15.3 Å². The third kappa shape index (κ3) is 5.06. The van der Waals surface area contributed by atoms with Gasteiger partial charge in [-0.05, 0) is 48.7 Å². The predicted octanol–water partition coefficient (Wildman–Crippen LogP) is 6.29. The highest BCUT2D eigenvalue weighted by atomic mass is 19.3. The molecule has 2 aliphatic rings. The number of carbonyl (C=O) groups excluding carboxylic acids is 2. The molecule has 0 atom stereocenters. The molecule has 5 rings (SSSR count). The van der Waals surface area contributed by atoms with Crippen LogP contribution in [-0.4, -0.2) is 35.4 Å². The molecule has 1 saturated carbocycles. The Hall–Kier alpha value is -4.33. The van der Waals surface area contributed by atoms with E-state index in [-0.39, 0.29) is 29.3 Å². The average Bonchev–Trinajstić information content (AvgIpc) is 3.41. The molecule has 0 saturated heterocycles. The molecule has 2 N–H and O–H groups in total. The number of nitrogens with one attached hydrogen (secondary N) is 1. The number of benzene rings is 3. The fourth-order valence-corrected chi connectivity index (χ4v) is 5.64. The van der Waals surface area contributed by atoms with Crippen molar-refractivity contribution in [2.24, 2.45) is 0 Å². The van der Waals surface area contributed by atoms with Crippen LogP contribution in [0.25, 0.3) is 5.57 Å². The van der Waals surface area contributed by atoms with E-state index in [9.17, 15) is 28.3 Å². The van der Waals surface area contributed by atoms with Crippen molar-refractivity contribution in [1.82, 2.24) is 0 Å². The highest BCUT2D eigenvalue weighted by Crippen LogP contribution is 2.44. The third-order valence-electron chi connectivity index (χ3n) is 7.65. The van der Waals surface area contributed by atoms with Crippen LogP contribution >= 0.6 is 0 Å². The minimum Gasteiger partial charge on any atom is -0.478 e. The molecule has 39 heavy (non-hydrogen) atoms. The maximum atomic E-state index is 15.0. The number of para-hydroxylation sites is 1. The van der Waals surface area contributed by atoms with E-state index in [4.69, 9.17) is 0 Å². The van der Waals surface area contributed by atoms with Crippen molar-refractivity contribution in [2.45, 2.75) is 43.4 Å². The lowest BCUT2D eigenvalue weighted by Gasteiger charge is -2.28. The molecule has 0 radical (unpaired) electrons. The summed E-state index contributed by atoms with van der Waals surface area (Å²) in [6.07, 6.45) is 3.25. The maximum absolute atomic E-state index is 15.0. The van der Waals surface area contributed by atoms with Gasteiger partial charge in [-0.2, -0.15) is 0 Å². The van der Waals surface area contributed by atoms with Gasteiger partial charge in [0.2, 0.25) is 5.91 Å².